The maximum absolute atomic E-state index is 12.0. The van der Waals surface area contributed by atoms with Crippen molar-refractivity contribution in [3.63, 3.8) is 0 Å². The largest absolute Gasteiger partial charge is 0.390 e. The zero-order chi connectivity index (χ0) is 12.2. The lowest BCUT2D eigenvalue weighted by Gasteiger charge is -2.27. The van der Waals surface area contributed by atoms with Crippen LogP contribution in [0.5, 0.6) is 0 Å². The van der Waals surface area contributed by atoms with Crippen molar-refractivity contribution in [3.05, 3.63) is 0 Å². The van der Waals surface area contributed by atoms with Crippen LogP contribution in [0.25, 0.3) is 0 Å². The lowest BCUT2D eigenvalue weighted by Crippen LogP contribution is -2.40. The zero-order valence-corrected chi connectivity index (χ0v) is 9.31. The van der Waals surface area contributed by atoms with Gasteiger partial charge in [0, 0.05) is 19.5 Å². The topological polar surface area (TPSA) is 32.3 Å². The Hall–Kier alpha value is -0.780. The molecule has 0 aromatic carbocycles. The van der Waals surface area contributed by atoms with E-state index in [0.29, 0.717) is 0 Å². The number of hydrogen-bond donors (Lipinski definition) is 1. The smallest absolute Gasteiger partial charge is 0.345 e. The Balaban J connectivity index is 2.34. The number of nitrogens with one attached hydrogen (secondary N) is 1. The Labute approximate surface area is 93.0 Å². The lowest BCUT2D eigenvalue weighted by atomic mass is 9.97. The first kappa shape index (κ1) is 13.3. The van der Waals surface area contributed by atoms with Gasteiger partial charge < -0.3 is 10.2 Å². The molecule has 1 saturated heterocycles. The summed E-state index contributed by atoms with van der Waals surface area (Å²) in [5, 5.41) is 3.11. The molecule has 1 amide bonds. The Morgan fingerprint density at radius 2 is 1.94 bits per heavy atom. The van der Waals surface area contributed by atoms with Crippen LogP contribution in [0.4, 0.5) is 13.2 Å². The monoisotopic (exact) mass is 238 g/mol. The molecule has 0 saturated carbocycles. The SMILES string of the molecule is CN(CCC(F)(F)F)C(=O)C1CCNCC1. The van der Waals surface area contributed by atoms with Crippen LogP contribution in [0, 0.1) is 5.92 Å². The zero-order valence-electron chi connectivity index (χ0n) is 9.31. The molecule has 1 aliphatic heterocycles. The Bertz CT molecular complexity index is 237. The van der Waals surface area contributed by atoms with Gasteiger partial charge in [0.1, 0.15) is 0 Å². The third kappa shape index (κ3) is 4.38. The van der Waals surface area contributed by atoms with E-state index in [1.54, 1.807) is 0 Å². The van der Waals surface area contributed by atoms with Crippen LogP contribution in [0.2, 0.25) is 0 Å². The summed E-state index contributed by atoms with van der Waals surface area (Å²) in [4.78, 5) is 12.9. The first-order valence-electron chi connectivity index (χ1n) is 5.42. The van der Waals surface area contributed by atoms with E-state index in [4.69, 9.17) is 0 Å². The molecule has 0 aliphatic carbocycles. The van der Waals surface area contributed by atoms with E-state index in [1.807, 2.05) is 0 Å². The van der Waals surface area contributed by atoms with Crippen LogP contribution >= 0.6 is 0 Å². The summed E-state index contributed by atoms with van der Waals surface area (Å²) in [6, 6.07) is 0. The second-order valence-electron chi connectivity index (χ2n) is 4.15. The maximum atomic E-state index is 12.0. The molecule has 1 aliphatic rings. The summed E-state index contributed by atoms with van der Waals surface area (Å²) in [6.07, 6.45) is -3.69. The van der Waals surface area contributed by atoms with Crippen molar-refractivity contribution in [1.82, 2.24) is 10.2 Å². The molecule has 0 atom stereocenters. The fourth-order valence-electron chi connectivity index (χ4n) is 1.79. The quantitative estimate of drug-likeness (QED) is 0.806. The fraction of sp³-hybridized carbons (Fsp3) is 0.900. The molecule has 0 bridgehead atoms. The van der Waals surface area contributed by atoms with Crippen molar-refractivity contribution >= 4 is 5.91 Å². The molecule has 1 rings (SSSR count). The summed E-state index contributed by atoms with van der Waals surface area (Å²) in [7, 11) is 1.44. The summed E-state index contributed by atoms with van der Waals surface area (Å²) in [5.74, 6) is -0.273. The highest BCUT2D eigenvalue weighted by Crippen LogP contribution is 2.21. The van der Waals surface area contributed by atoms with Crippen molar-refractivity contribution in [3.8, 4) is 0 Å². The minimum Gasteiger partial charge on any atom is -0.345 e. The molecule has 3 nitrogen and oxygen atoms in total. The van der Waals surface area contributed by atoms with Gasteiger partial charge in [-0.25, -0.2) is 0 Å². The Morgan fingerprint density at radius 3 is 2.44 bits per heavy atom. The number of carbonyl (C=O) groups is 1. The second-order valence-corrected chi connectivity index (χ2v) is 4.15. The average Bonchev–Trinajstić information content (AvgIpc) is 2.25. The normalized spacial score (nSPS) is 18.5. The molecule has 0 spiro atoms. The molecule has 94 valence electrons. The van der Waals surface area contributed by atoms with Crippen molar-refractivity contribution in [1.29, 1.82) is 0 Å². The third-order valence-corrected chi connectivity index (χ3v) is 2.80. The van der Waals surface area contributed by atoms with E-state index in [1.165, 1.54) is 11.9 Å². The predicted molar refractivity (Wildman–Crippen MR) is 53.9 cm³/mol. The minimum atomic E-state index is -4.19. The van der Waals surface area contributed by atoms with Crippen molar-refractivity contribution in [2.24, 2.45) is 5.92 Å². The number of nitrogens with zero attached hydrogens (tertiary/aromatic N) is 1. The van der Waals surface area contributed by atoms with E-state index < -0.39 is 12.6 Å². The van der Waals surface area contributed by atoms with Crippen molar-refractivity contribution < 1.29 is 18.0 Å². The molecule has 0 radical (unpaired) electrons. The van der Waals surface area contributed by atoms with Gasteiger partial charge in [0.25, 0.3) is 0 Å². The first-order valence-corrected chi connectivity index (χ1v) is 5.42. The highest BCUT2D eigenvalue weighted by atomic mass is 19.4. The number of alkyl halides is 3. The van der Waals surface area contributed by atoms with E-state index in [9.17, 15) is 18.0 Å². The van der Waals surface area contributed by atoms with Crippen LogP contribution in [0.15, 0.2) is 0 Å². The van der Waals surface area contributed by atoms with Gasteiger partial charge in [-0.2, -0.15) is 13.2 Å². The summed E-state index contributed by atoms with van der Waals surface area (Å²) in [6.45, 7) is 1.29. The van der Waals surface area contributed by atoms with Gasteiger partial charge in [0.15, 0.2) is 0 Å². The first-order chi connectivity index (χ1) is 7.40. The number of halogens is 3. The highest BCUT2D eigenvalue weighted by molar-refractivity contribution is 5.78. The van der Waals surface area contributed by atoms with Gasteiger partial charge in [-0.1, -0.05) is 0 Å². The summed E-state index contributed by atoms with van der Waals surface area (Å²) >= 11 is 0. The number of hydrogen-bond acceptors (Lipinski definition) is 2. The number of amides is 1. The Kier molecular flexibility index (Phi) is 4.58. The Morgan fingerprint density at radius 1 is 1.38 bits per heavy atom. The number of piperidine rings is 1. The molecule has 1 heterocycles. The molecular weight excluding hydrogens is 221 g/mol. The van der Waals surface area contributed by atoms with E-state index in [2.05, 4.69) is 5.32 Å². The number of carbonyl (C=O) groups excluding carboxylic acids is 1. The standard InChI is InChI=1S/C10H17F3N2O/c1-15(7-4-10(11,12)13)9(16)8-2-5-14-6-3-8/h8,14H,2-7H2,1H3. The minimum absolute atomic E-state index is 0.112. The average molecular weight is 238 g/mol. The molecule has 0 aromatic heterocycles. The van der Waals surface area contributed by atoms with Gasteiger partial charge in [0.05, 0.1) is 6.42 Å². The maximum Gasteiger partial charge on any atom is 0.390 e. The van der Waals surface area contributed by atoms with Gasteiger partial charge in [-0.3, -0.25) is 4.79 Å². The van der Waals surface area contributed by atoms with Crippen LogP contribution < -0.4 is 5.32 Å². The van der Waals surface area contributed by atoms with Crippen LogP contribution in [-0.4, -0.2) is 43.7 Å². The van der Waals surface area contributed by atoms with Crippen LogP contribution in [0.1, 0.15) is 19.3 Å². The van der Waals surface area contributed by atoms with Gasteiger partial charge in [0.2, 0.25) is 5.91 Å². The molecule has 1 fully saturated rings. The molecular formula is C10H17F3N2O. The summed E-state index contributed by atoms with van der Waals surface area (Å²) < 4.78 is 35.9. The fourth-order valence-corrected chi connectivity index (χ4v) is 1.79. The number of rotatable bonds is 3. The highest BCUT2D eigenvalue weighted by Gasteiger charge is 2.30. The molecule has 6 heteroatoms. The third-order valence-electron chi connectivity index (χ3n) is 2.80. The van der Waals surface area contributed by atoms with Gasteiger partial charge >= 0.3 is 6.18 Å². The van der Waals surface area contributed by atoms with Gasteiger partial charge in [-0.05, 0) is 25.9 Å². The molecule has 1 N–H and O–H groups in total. The predicted octanol–water partition coefficient (Wildman–Crippen LogP) is 1.40. The van der Waals surface area contributed by atoms with Gasteiger partial charge in [-0.15, -0.1) is 0 Å². The van der Waals surface area contributed by atoms with Crippen molar-refractivity contribution in [2.45, 2.75) is 25.4 Å². The van der Waals surface area contributed by atoms with Crippen LogP contribution in [-0.2, 0) is 4.79 Å². The second kappa shape index (κ2) is 5.52. The van der Waals surface area contributed by atoms with E-state index in [-0.39, 0.29) is 18.4 Å². The van der Waals surface area contributed by atoms with Crippen LogP contribution in [0.3, 0.4) is 0 Å². The molecule has 0 unspecified atom stereocenters. The molecule has 16 heavy (non-hydrogen) atoms. The van der Waals surface area contributed by atoms with E-state index in [0.717, 1.165) is 25.9 Å². The van der Waals surface area contributed by atoms with E-state index >= 15 is 0 Å². The molecule has 0 aromatic rings. The van der Waals surface area contributed by atoms with Crippen molar-refractivity contribution in [2.75, 3.05) is 26.7 Å². The summed E-state index contributed by atoms with van der Waals surface area (Å²) in [5.41, 5.74) is 0. The lowest BCUT2D eigenvalue weighted by molar-refractivity contribution is -0.146.